The van der Waals surface area contributed by atoms with Crippen molar-refractivity contribution in [3.8, 4) is 0 Å². The van der Waals surface area contributed by atoms with Crippen molar-refractivity contribution in [3.63, 3.8) is 0 Å². The molecule has 0 bridgehead atoms. The van der Waals surface area contributed by atoms with Crippen LogP contribution in [0, 0.1) is 11.8 Å². The first-order valence-electron chi connectivity index (χ1n) is 4.73. The van der Waals surface area contributed by atoms with Crippen molar-refractivity contribution in [2.24, 2.45) is 11.8 Å². The van der Waals surface area contributed by atoms with Gasteiger partial charge in [0.1, 0.15) is 0 Å². The largest absolute Gasteiger partial charge is 0.309 e. The average Bonchev–Trinajstić information content (AvgIpc) is 2.80. The molecule has 3 unspecified atom stereocenters. The lowest BCUT2D eigenvalue weighted by molar-refractivity contribution is 0.563. The highest BCUT2D eigenvalue weighted by molar-refractivity contribution is 5.85. The lowest BCUT2D eigenvalue weighted by Gasteiger charge is -2.12. The highest BCUT2D eigenvalue weighted by atomic mass is 35.5. The third kappa shape index (κ3) is 1.47. The average molecular weight is 196 g/mol. The molecule has 2 fully saturated rings. The summed E-state index contributed by atoms with van der Waals surface area (Å²) in [5.74, 6) is 1.95. The van der Waals surface area contributed by atoms with E-state index in [-0.39, 0.29) is 12.4 Å². The van der Waals surface area contributed by atoms with E-state index in [0.717, 1.165) is 11.8 Å². The zero-order valence-electron chi connectivity index (χ0n) is 7.44. The van der Waals surface area contributed by atoms with Gasteiger partial charge < -0.3 is 5.32 Å². The second-order valence-corrected chi connectivity index (χ2v) is 3.96. The zero-order valence-corrected chi connectivity index (χ0v) is 8.26. The molecule has 0 amide bonds. The van der Waals surface area contributed by atoms with Crippen LogP contribution >= 0.6 is 12.4 Å². The van der Waals surface area contributed by atoms with Crippen molar-refractivity contribution < 1.29 is 0 Å². The van der Waals surface area contributed by atoms with E-state index in [0.29, 0.717) is 6.04 Å². The number of piperidine rings is 1. The number of nitrogens with one attached hydrogen (secondary N) is 1. The summed E-state index contributed by atoms with van der Waals surface area (Å²) in [5.41, 5.74) is 1.47. The Hall–Kier alpha value is -0.530. The fourth-order valence-electron chi connectivity index (χ4n) is 2.37. The van der Waals surface area contributed by atoms with Crippen LogP contribution in [0.25, 0.3) is 0 Å². The molecule has 2 heteroatoms. The SMILES string of the molecule is Cl.c1ccc(C2NCC3CC32)cc1. The minimum Gasteiger partial charge on any atom is -0.309 e. The molecular weight excluding hydrogens is 182 g/mol. The Morgan fingerprint density at radius 2 is 1.92 bits per heavy atom. The molecule has 1 aliphatic carbocycles. The molecule has 1 saturated carbocycles. The molecule has 1 N–H and O–H groups in total. The van der Waals surface area contributed by atoms with Gasteiger partial charge in [-0.25, -0.2) is 0 Å². The van der Waals surface area contributed by atoms with Crippen LogP contribution in [-0.4, -0.2) is 6.54 Å². The van der Waals surface area contributed by atoms with E-state index in [1.165, 1.54) is 18.5 Å². The monoisotopic (exact) mass is 195 g/mol. The summed E-state index contributed by atoms with van der Waals surface area (Å²) < 4.78 is 0. The van der Waals surface area contributed by atoms with Crippen molar-refractivity contribution in [1.29, 1.82) is 0 Å². The fraction of sp³-hybridized carbons (Fsp3) is 0.455. The maximum absolute atomic E-state index is 3.57. The third-order valence-corrected chi connectivity index (χ3v) is 3.16. The summed E-state index contributed by atoms with van der Waals surface area (Å²) in [5, 5.41) is 3.57. The van der Waals surface area contributed by atoms with Gasteiger partial charge in [-0.15, -0.1) is 12.4 Å². The maximum Gasteiger partial charge on any atom is 0.0352 e. The minimum atomic E-state index is 0. The minimum absolute atomic E-state index is 0. The molecule has 1 aromatic rings. The lowest BCUT2D eigenvalue weighted by atomic mass is 10.0. The topological polar surface area (TPSA) is 12.0 Å². The van der Waals surface area contributed by atoms with Gasteiger partial charge in [-0.1, -0.05) is 30.3 Å². The van der Waals surface area contributed by atoms with Crippen LogP contribution in [0.2, 0.25) is 0 Å². The van der Waals surface area contributed by atoms with Crippen LogP contribution in [0.1, 0.15) is 18.0 Å². The van der Waals surface area contributed by atoms with Gasteiger partial charge in [0.05, 0.1) is 0 Å². The lowest BCUT2D eigenvalue weighted by Crippen LogP contribution is -2.17. The zero-order chi connectivity index (χ0) is 7.97. The molecule has 70 valence electrons. The van der Waals surface area contributed by atoms with E-state index in [1.807, 2.05) is 0 Å². The molecule has 0 radical (unpaired) electrons. The Morgan fingerprint density at radius 1 is 1.15 bits per heavy atom. The van der Waals surface area contributed by atoms with E-state index in [4.69, 9.17) is 0 Å². The number of rotatable bonds is 1. The summed E-state index contributed by atoms with van der Waals surface area (Å²) in [7, 11) is 0. The standard InChI is InChI=1S/C11H13N.ClH/c1-2-4-8(5-3-1)11-10-6-9(10)7-12-11;/h1-5,9-12H,6-7H2;1H. The predicted molar refractivity (Wildman–Crippen MR) is 56.0 cm³/mol. The molecular formula is C11H14ClN. The first-order valence-corrected chi connectivity index (χ1v) is 4.73. The first-order chi connectivity index (χ1) is 5.95. The molecule has 3 atom stereocenters. The molecule has 0 spiro atoms. The number of halogens is 1. The highest BCUT2D eigenvalue weighted by Gasteiger charge is 2.48. The molecule has 1 heterocycles. The van der Waals surface area contributed by atoms with Gasteiger partial charge in [0, 0.05) is 6.04 Å². The summed E-state index contributed by atoms with van der Waals surface area (Å²) in [4.78, 5) is 0. The third-order valence-electron chi connectivity index (χ3n) is 3.16. The predicted octanol–water partition coefficient (Wildman–Crippen LogP) is 2.39. The van der Waals surface area contributed by atoms with Crippen molar-refractivity contribution in [2.75, 3.05) is 6.54 Å². The van der Waals surface area contributed by atoms with Gasteiger partial charge in [-0.3, -0.25) is 0 Å². The quantitative estimate of drug-likeness (QED) is 0.726. The molecule has 3 rings (SSSR count). The van der Waals surface area contributed by atoms with Crippen LogP contribution in [0.4, 0.5) is 0 Å². The highest BCUT2D eigenvalue weighted by Crippen LogP contribution is 2.51. The van der Waals surface area contributed by atoms with E-state index < -0.39 is 0 Å². The van der Waals surface area contributed by atoms with Gasteiger partial charge >= 0.3 is 0 Å². The Kier molecular flexibility index (Phi) is 2.31. The van der Waals surface area contributed by atoms with Crippen LogP contribution in [0.5, 0.6) is 0 Å². The molecule has 13 heavy (non-hydrogen) atoms. The van der Waals surface area contributed by atoms with Gasteiger partial charge in [0.2, 0.25) is 0 Å². The molecule has 1 aliphatic heterocycles. The van der Waals surface area contributed by atoms with E-state index in [2.05, 4.69) is 35.6 Å². The van der Waals surface area contributed by atoms with Crippen LogP contribution in [-0.2, 0) is 0 Å². The smallest absolute Gasteiger partial charge is 0.0352 e. The molecule has 0 aromatic heterocycles. The first kappa shape index (κ1) is 9.04. The van der Waals surface area contributed by atoms with Crippen molar-refractivity contribution in [2.45, 2.75) is 12.5 Å². The summed E-state index contributed by atoms with van der Waals surface area (Å²) in [6.45, 7) is 1.24. The second kappa shape index (κ2) is 3.32. The molecule has 2 aliphatic rings. The molecule has 1 aromatic carbocycles. The van der Waals surface area contributed by atoms with Gasteiger partial charge in [0.15, 0.2) is 0 Å². The van der Waals surface area contributed by atoms with Crippen LogP contribution in [0.3, 0.4) is 0 Å². The Bertz CT molecular complexity index is 285. The summed E-state index contributed by atoms with van der Waals surface area (Å²) in [6.07, 6.45) is 1.45. The number of benzene rings is 1. The Morgan fingerprint density at radius 3 is 2.46 bits per heavy atom. The van der Waals surface area contributed by atoms with Crippen molar-refractivity contribution in [3.05, 3.63) is 35.9 Å². The van der Waals surface area contributed by atoms with Gasteiger partial charge in [-0.2, -0.15) is 0 Å². The van der Waals surface area contributed by atoms with Crippen LogP contribution < -0.4 is 5.32 Å². The van der Waals surface area contributed by atoms with E-state index >= 15 is 0 Å². The summed E-state index contributed by atoms with van der Waals surface area (Å²) in [6, 6.07) is 11.5. The fourth-order valence-corrected chi connectivity index (χ4v) is 2.37. The van der Waals surface area contributed by atoms with Gasteiger partial charge in [-0.05, 0) is 30.4 Å². The van der Waals surface area contributed by atoms with Crippen LogP contribution in [0.15, 0.2) is 30.3 Å². The molecule has 1 saturated heterocycles. The molecule has 1 nitrogen and oxygen atoms in total. The normalized spacial score (nSPS) is 34.9. The van der Waals surface area contributed by atoms with Crippen molar-refractivity contribution in [1.82, 2.24) is 5.32 Å². The number of hydrogen-bond donors (Lipinski definition) is 1. The van der Waals surface area contributed by atoms with Gasteiger partial charge in [0.25, 0.3) is 0 Å². The number of fused-ring (bicyclic) bond motifs is 1. The van der Waals surface area contributed by atoms with E-state index in [1.54, 1.807) is 0 Å². The Balaban J connectivity index is 0.000000653. The second-order valence-electron chi connectivity index (χ2n) is 3.96. The van der Waals surface area contributed by atoms with E-state index in [9.17, 15) is 0 Å². The summed E-state index contributed by atoms with van der Waals surface area (Å²) >= 11 is 0. The maximum atomic E-state index is 3.57. The number of hydrogen-bond acceptors (Lipinski definition) is 1. The van der Waals surface area contributed by atoms with Crippen molar-refractivity contribution >= 4 is 12.4 Å². The Labute approximate surface area is 84.9 Å².